The molecule has 0 saturated carbocycles. The number of piperidine rings is 1. The summed E-state index contributed by atoms with van der Waals surface area (Å²) >= 11 is 0. The lowest BCUT2D eigenvalue weighted by Crippen LogP contribution is -2.32. The van der Waals surface area contributed by atoms with Crippen molar-refractivity contribution in [3.63, 3.8) is 0 Å². The molecule has 0 unspecified atom stereocenters. The van der Waals surface area contributed by atoms with Crippen LogP contribution in [0.4, 0.5) is 0 Å². The molecular weight excluding hydrogens is 150 g/mol. The van der Waals surface area contributed by atoms with Crippen molar-refractivity contribution in [3.8, 4) is 12.3 Å². The lowest BCUT2D eigenvalue weighted by atomic mass is 10.1. The molecule has 0 aromatic rings. The smallest absolute Gasteiger partial charge is 0.0599 e. The zero-order valence-electron chi connectivity index (χ0n) is 7.51. The van der Waals surface area contributed by atoms with Gasteiger partial charge >= 0.3 is 0 Å². The van der Waals surface area contributed by atoms with Gasteiger partial charge in [0.2, 0.25) is 0 Å². The largest absolute Gasteiger partial charge is 0.378 e. The second-order valence-corrected chi connectivity index (χ2v) is 3.13. The molecule has 0 spiro atoms. The lowest BCUT2D eigenvalue weighted by Gasteiger charge is -2.22. The van der Waals surface area contributed by atoms with E-state index in [1.165, 1.54) is 0 Å². The molecule has 1 rings (SSSR count). The Labute approximate surface area is 74.7 Å². The summed E-state index contributed by atoms with van der Waals surface area (Å²) < 4.78 is 5.65. The molecule has 1 aliphatic rings. The van der Waals surface area contributed by atoms with Crippen LogP contribution in [0, 0.1) is 12.3 Å². The molecule has 0 radical (unpaired) electrons. The Bertz CT molecular complexity index is 144. The summed E-state index contributed by atoms with van der Waals surface area (Å²) in [6.07, 6.45) is 9.74. The normalized spacial score (nSPS) is 18.9. The highest BCUT2D eigenvalue weighted by Gasteiger charge is 2.12. The van der Waals surface area contributed by atoms with E-state index in [2.05, 4.69) is 11.2 Å². The van der Waals surface area contributed by atoms with Gasteiger partial charge in [-0.2, -0.15) is 0 Å². The molecule has 12 heavy (non-hydrogen) atoms. The third-order valence-corrected chi connectivity index (χ3v) is 2.11. The van der Waals surface area contributed by atoms with E-state index in [1.54, 1.807) is 0 Å². The van der Waals surface area contributed by atoms with Gasteiger partial charge in [0.05, 0.1) is 6.10 Å². The Morgan fingerprint density at radius 2 is 2.17 bits per heavy atom. The SMILES string of the molecule is C#CCCCOC1CCNCC1. The van der Waals surface area contributed by atoms with Gasteiger partial charge in [-0.15, -0.1) is 12.3 Å². The highest BCUT2D eigenvalue weighted by molar-refractivity contribution is 4.82. The number of hydrogen-bond acceptors (Lipinski definition) is 2. The van der Waals surface area contributed by atoms with Gasteiger partial charge in [-0.25, -0.2) is 0 Å². The van der Waals surface area contributed by atoms with Crippen LogP contribution in [0.15, 0.2) is 0 Å². The minimum Gasteiger partial charge on any atom is -0.378 e. The van der Waals surface area contributed by atoms with E-state index in [4.69, 9.17) is 11.2 Å². The summed E-state index contributed by atoms with van der Waals surface area (Å²) in [5.41, 5.74) is 0. The molecular formula is C10H17NO. The minimum atomic E-state index is 0.476. The minimum absolute atomic E-state index is 0.476. The van der Waals surface area contributed by atoms with Crippen LogP contribution in [0.5, 0.6) is 0 Å². The van der Waals surface area contributed by atoms with Crippen LogP contribution >= 0.6 is 0 Å². The fourth-order valence-electron chi connectivity index (χ4n) is 1.39. The first-order valence-corrected chi connectivity index (χ1v) is 4.69. The Morgan fingerprint density at radius 1 is 1.42 bits per heavy atom. The van der Waals surface area contributed by atoms with Crippen LogP contribution < -0.4 is 5.32 Å². The Balaban J connectivity index is 1.95. The predicted octanol–water partition coefficient (Wildman–Crippen LogP) is 1.17. The van der Waals surface area contributed by atoms with Crippen molar-refractivity contribution in [3.05, 3.63) is 0 Å². The maximum Gasteiger partial charge on any atom is 0.0599 e. The molecule has 0 aromatic heterocycles. The van der Waals surface area contributed by atoms with Crippen molar-refractivity contribution in [1.82, 2.24) is 5.32 Å². The second kappa shape index (κ2) is 6.05. The molecule has 1 heterocycles. The zero-order valence-corrected chi connectivity index (χ0v) is 7.51. The van der Waals surface area contributed by atoms with Crippen molar-refractivity contribution >= 4 is 0 Å². The van der Waals surface area contributed by atoms with E-state index in [-0.39, 0.29) is 0 Å². The van der Waals surface area contributed by atoms with Crippen molar-refractivity contribution in [2.24, 2.45) is 0 Å². The molecule has 1 saturated heterocycles. The first-order valence-electron chi connectivity index (χ1n) is 4.69. The molecule has 0 bridgehead atoms. The molecule has 1 aliphatic heterocycles. The van der Waals surface area contributed by atoms with E-state index in [0.717, 1.165) is 45.4 Å². The van der Waals surface area contributed by atoms with Crippen molar-refractivity contribution < 1.29 is 4.74 Å². The van der Waals surface area contributed by atoms with Crippen LogP contribution in [0.25, 0.3) is 0 Å². The van der Waals surface area contributed by atoms with Crippen LogP contribution in [0.1, 0.15) is 25.7 Å². The maximum absolute atomic E-state index is 5.65. The molecule has 2 nitrogen and oxygen atoms in total. The fraction of sp³-hybridized carbons (Fsp3) is 0.800. The number of terminal acetylenes is 1. The van der Waals surface area contributed by atoms with Gasteiger partial charge < -0.3 is 10.1 Å². The van der Waals surface area contributed by atoms with E-state index in [0.29, 0.717) is 6.10 Å². The number of unbranched alkanes of at least 4 members (excludes halogenated alkanes) is 1. The molecule has 0 atom stereocenters. The van der Waals surface area contributed by atoms with Crippen LogP contribution in [0.3, 0.4) is 0 Å². The average molecular weight is 167 g/mol. The van der Waals surface area contributed by atoms with E-state index in [1.807, 2.05) is 0 Å². The zero-order chi connectivity index (χ0) is 8.65. The van der Waals surface area contributed by atoms with Gasteiger partial charge in [-0.1, -0.05) is 0 Å². The molecule has 2 heteroatoms. The summed E-state index contributed by atoms with van der Waals surface area (Å²) in [5, 5.41) is 3.30. The monoisotopic (exact) mass is 167 g/mol. The number of nitrogens with one attached hydrogen (secondary N) is 1. The van der Waals surface area contributed by atoms with E-state index < -0.39 is 0 Å². The highest BCUT2D eigenvalue weighted by Crippen LogP contribution is 2.07. The first-order chi connectivity index (χ1) is 5.93. The molecule has 0 aromatic carbocycles. The third kappa shape index (κ3) is 3.75. The van der Waals surface area contributed by atoms with Crippen molar-refractivity contribution in [2.75, 3.05) is 19.7 Å². The quantitative estimate of drug-likeness (QED) is 0.501. The standard InChI is InChI=1S/C10H17NO/c1-2-3-4-9-12-10-5-7-11-8-6-10/h1,10-11H,3-9H2. The van der Waals surface area contributed by atoms with E-state index in [9.17, 15) is 0 Å². The maximum atomic E-state index is 5.65. The van der Waals surface area contributed by atoms with Gasteiger partial charge in [0.25, 0.3) is 0 Å². The Hall–Kier alpha value is -0.520. The summed E-state index contributed by atoms with van der Waals surface area (Å²) in [6.45, 7) is 3.02. The number of hydrogen-bond donors (Lipinski definition) is 1. The fourth-order valence-corrected chi connectivity index (χ4v) is 1.39. The summed E-state index contributed by atoms with van der Waals surface area (Å²) in [5.74, 6) is 2.61. The average Bonchev–Trinajstić information content (AvgIpc) is 2.14. The lowest BCUT2D eigenvalue weighted by molar-refractivity contribution is 0.0322. The van der Waals surface area contributed by atoms with Gasteiger partial charge in [0.15, 0.2) is 0 Å². The van der Waals surface area contributed by atoms with Gasteiger partial charge in [0, 0.05) is 13.0 Å². The van der Waals surface area contributed by atoms with Crippen LogP contribution in [-0.4, -0.2) is 25.8 Å². The van der Waals surface area contributed by atoms with Gasteiger partial charge in [0.1, 0.15) is 0 Å². The molecule has 0 aliphatic carbocycles. The van der Waals surface area contributed by atoms with E-state index >= 15 is 0 Å². The van der Waals surface area contributed by atoms with Crippen LogP contribution in [-0.2, 0) is 4.74 Å². The third-order valence-electron chi connectivity index (χ3n) is 2.11. The first kappa shape index (κ1) is 9.57. The molecule has 1 fully saturated rings. The van der Waals surface area contributed by atoms with Gasteiger partial charge in [-0.05, 0) is 32.4 Å². The van der Waals surface area contributed by atoms with Crippen molar-refractivity contribution in [2.45, 2.75) is 31.8 Å². The van der Waals surface area contributed by atoms with Crippen LogP contribution in [0.2, 0.25) is 0 Å². The topological polar surface area (TPSA) is 21.3 Å². The number of rotatable bonds is 4. The van der Waals surface area contributed by atoms with Gasteiger partial charge in [-0.3, -0.25) is 0 Å². The molecule has 68 valence electrons. The second-order valence-electron chi connectivity index (χ2n) is 3.13. The summed E-state index contributed by atoms with van der Waals surface area (Å²) in [6, 6.07) is 0. The Morgan fingerprint density at radius 3 is 2.83 bits per heavy atom. The number of ether oxygens (including phenoxy) is 1. The summed E-state index contributed by atoms with van der Waals surface area (Å²) in [7, 11) is 0. The predicted molar refractivity (Wildman–Crippen MR) is 49.9 cm³/mol. The Kier molecular flexibility index (Phi) is 4.82. The summed E-state index contributed by atoms with van der Waals surface area (Å²) in [4.78, 5) is 0. The molecule has 0 amide bonds. The highest BCUT2D eigenvalue weighted by atomic mass is 16.5. The van der Waals surface area contributed by atoms with Crippen molar-refractivity contribution in [1.29, 1.82) is 0 Å². The molecule has 1 N–H and O–H groups in total.